The van der Waals surface area contributed by atoms with Gasteiger partial charge in [0.15, 0.2) is 11.5 Å². The Balaban J connectivity index is 2.25. The van der Waals surface area contributed by atoms with Crippen molar-refractivity contribution in [1.29, 1.82) is 0 Å². The van der Waals surface area contributed by atoms with Crippen LogP contribution in [0.15, 0.2) is 36.4 Å². The van der Waals surface area contributed by atoms with Crippen molar-refractivity contribution in [2.75, 3.05) is 6.61 Å². The standard InChI is InChI=1S/C16H13Cl2FO3/c1-2-21-14-8-11(16(18)20)7-13(17)15(14)22-9-10-3-5-12(19)6-4-10/h3-8H,2,9H2,1H3. The van der Waals surface area contributed by atoms with Crippen molar-refractivity contribution in [3.63, 3.8) is 0 Å². The summed E-state index contributed by atoms with van der Waals surface area (Å²) in [5, 5.41) is -0.412. The molecule has 0 unspecified atom stereocenters. The van der Waals surface area contributed by atoms with E-state index in [0.29, 0.717) is 18.1 Å². The maximum atomic E-state index is 12.9. The molecule has 116 valence electrons. The molecule has 0 fully saturated rings. The SMILES string of the molecule is CCOc1cc(C(=O)Cl)cc(Cl)c1OCc1ccc(F)cc1. The number of carbonyl (C=O) groups is 1. The molecule has 0 N–H and O–H groups in total. The molecule has 0 heterocycles. The minimum absolute atomic E-state index is 0.189. The summed E-state index contributed by atoms with van der Waals surface area (Å²) in [6, 6.07) is 8.81. The lowest BCUT2D eigenvalue weighted by atomic mass is 10.2. The molecule has 0 aliphatic carbocycles. The Morgan fingerprint density at radius 3 is 2.45 bits per heavy atom. The van der Waals surface area contributed by atoms with Gasteiger partial charge in [-0.25, -0.2) is 4.39 Å². The van der Waals surface area contributed by atoms with Gasteiger partial charge in [0.05, 0.1) is 11.6 Å². The Bertz CT molecular complexity index is 672. The molecule has 0 amide bonds. The predicted octanol–water partition coefficient (Wildman–Crippen LogP) is 4.84. The van der Waals surface area contributed by atoms with Crippen LogP contribution in [-0.2, 0) is 6.61 Å². The van der Waals surface area contributed by atoms with E-state index >= 15 is 0 Å². The minimum atomic E-state index is -0.632. The van der Waals surface area contributed by atoms with Crippen LogP contribution >= 0.6 is 23.2 Å². The average Bonchev–Trinajstić information content (AvgIpc) is 2.48. The van der Waals surface area contributed by atoms with Crippen molar-refractivity contribution in [3.05, 3.63) is 58.4 Å². The molecular formula is C16H13Cl2FO3. The number of carbonyl (C=O) groups excluding carboxylic acids is 1. The van der Waals surface area contributed by atoms with Gasteiger partial charge in [-0.1, -0.05) is 23.7 Å². The average molecular weight is 343 g/mol. The van der Waals surface area contributed by atoms with Crippen LogP contribution in [0.5, 0.6) is 11.5 Å². The van der Waals surface area contributed by atoms with Crippen LogP contribution in [0, 0.1) is 5.82 Å². The lowest BCUT2D eigenvalue weighted by Gasteiger charge is -2.14. The van der Waals surface area contributed by atoms with Crippen molar-refractivity contribution in [3.8, 4) is 11.5 Å². The molecule has 0 saturated carbocycles. The fourth-order valence-electron chi connectivity index (χ4n) is 1.82. The number of hydrogen-bond donors (Lipinski definition) is 0. The van der Waals surface area contributed by atoms with Crippen LogP contribution in [0.1, 0.15) is 22.8 Å². The van der Waals surface area contributed by atoms with Gasteiger partial charge in [-0.15, -0.1) is 0 Å². The van der Waals surface area contributed by atoms with Crippen LogP contribution in [0.3, 0.4) is 0 Å². The number of benzene rings is 2. The summed E-state index contributed by atoms with van der Waals surface area (Å²) in [6.07, 6.45) is 0. The quantitative estimate of drug-likeness (QED) is 0.705. The fourth-order valence-corrected chi connectivity index (χ4v) is 2.19. The van der Waals surface area contributed by atoms with Gasteiger partial charge in [0.2, 0.25) is 0 Å². The highest BCUT2D eigenvalue weighted by molar-refractivity contribution is 6.67. The minimum Gasteiger partial charge on any atom is -0.490 e. The zero-order chi connectivity index (χ0) is 16.1. The van der Waals surface area contributed by atoms with E-state index in [1.807, 2.05) is 0 Å². The first kappa shape index (κ1) is 16.6. The number of hydrogen-bond acceptors (Lipinski definition) is 3. The molecule has 6 heteroatoms. The van der Waals surface area contributed by atoms with Crippen molar-refractivity contribution in [2.45, 2.75) is 13.5 Å². The molecule has 0 aromatic heterocycles. The summed E-state index contributed by atoms with van der Waals surface area (Å²) in [4.78, 5) is 11.3. The fraction of sp³-hybridized carbons (Fsp3) is 0.188. The Hall–Kier alpha value is -1.78. The lowest BCUT2D eigenvalue weighted by molar-refractivity contribution is 0.108. The zero-order valence-electron chi connectivity index (χ0n) is 11.7. The third-order valence-electron chi connectivity index (χ3n) is 2.83. The van der Waals surface area contributed by atoms with Crippen molar-refractivity contribution in [1.82, 2.24) is 0 Å². The second-order valence-corrected chi connectivity index (χ2v) is 5.16. The first-order valence-corrected chi connectivity index (χ1v) is 7.30. The van der Waals surface area contributed by atoms with Gasteiger partial charge in [-0.3, -0.25) is 4.79 Å². The van der Waals surface area contributed by atoms with E-state index in [1.165, 1.54) is 24.3 Å². The van der Waals surface area contributed by atoms with Crippen molar-refractivity contribution in [2.24, 2.45) is 0 Å². The molecule has 0 atom stereocenters. The first-order chi connectivity index (χ1) is 10.5. The maximum Gasteiger partial charge on any atom is 0.252 e. The highest BCUT2D eigenvalue weighted by Gasteiger charge is 2.15. The van der Waals surface area contributed by atoms with E-state index in [-0.39, 0.29) is 23.0 Å². The van der Waals surface area contributed by atoms with Gasteiger partial charge >= 0.3 is 0 Å². The molecule has 2 aromatic rings. The molecule has 0 bridgehead atoms. The molecule has 0 aliphatic rings. The third-order valence-corrected chi connectivity index (χ3v) is 3.33. The molecule has 2 rings (SSSR count). The summed E-state index contributed by atoms with van der Waals surface area (Å²) in [7, 11) is 0. The molecular weight excluding hydrogens is 330 g/mol. The van der Waals surface area contributed by atoms with Crippen LogP contribution in [-0.4, -0.2) is 11.8 Å². The smallest absolute Gasteiger partial charge is 0.252 e. The molecule has 0 saturated heterocycles. The van der Waals surface area contributed by atoms with Crippen LogP contribution < -0.4 is 9.47 Å². The highest BCUT2D eigenvalue weighted by atomic mass is 35.5. The molecule has 0 spiro atoms. The second-order valence-electron chi connectivity index (χ2n) is 4.41. The second kappa shape index (κ2) is 7.47. The number of ether oxygens (including phenoxy) is 2. The van der Waals surface area contributed by atoms with E-state index < -0.39 is 5.24 Å². The van der Waals surface area contributed by atoms with Gasteiger partial charge in [-0.2, -0.15) is 0 Å². The van der Waals surface area contributed by atoms with Crippen molar-refractivity contribution < 1.29 is 18.7 Å². The molecule has 22 heavy (non-hydrogen) atoms. The Morgan fingerprint density at radius 2 is 1.86 bits per heavy atom. The van der Waals surface area contributed by atoms with E-state index in [1.54, 1.807) is 19.1 Å². The van der Waals surface area contributed by atoms with Crippen molar-refractivity contribution >= 4 is 28.4 Å². The predicted molar refractivity (Wildman–Crippen MR) is 83.5 cm³/mol. The summed E-state index contributed by atoms with van der Waals surface area (Å²) < 4.78 is 24.0. The largest absolute Gasteiger partial charge is 0.490 e. The summed E-state index contributed by atoms with van der Waals surface area (Å²) in [5.41, 5.74) is 1.00. The van der Waals surface area contributed by atoms with E-state index in [4.69, 9.17) is 32.7 Å². The van der Waals surface area contributed by atoms with E-state index in [2.05, 4.69) is 0 Å². The number of rotatable bonds is 6. The normalized spacial score (nSPS) is 10.4. The van der Waals surface area contributed by atoms with Gasteiger partial charge in [-0.05, 0) is 48.4 Å². The van der Waals surface area contributed by atoms with Crippen LogP contribution in [0.4, 0.5) is 4.39 Å². The monoisotopic (exact) mass is 342 g/mol. The van der Waals surface area contributed by atoms with Crippen LogP contribution in [0.2, 0.25) is 5.02 Å². The van der Waals surface area contributed by atoms with E-state index in [0.717, 1.165) is 5.56 Å². The highest BCUT2D eigenvalue weighted by Crippen LogP contribution is 2.37. The lowest BCUT2D eigenvalue weighted by Crippen LogP contribution is -2.02. The third kappa shape index (κ3) is 4.12. The zero-order valence-corrected chi connectivity index (χ0v) is 13.2. The number of halogens is 3. The van der Waals surface area contributed by atoms with Gasteiger partial charge in [0.25, 0.3) is 5.24 Å². The first-order valence-electron chi connectivity index (χ1n) is 6.54. The molecule has 3 nitrogen and oxygen atoms in total. The summed E-state index contributed by atoms with van der Waals surface area (Å²) in [5.74, 6) is 0.331. The summed E-state index contributed by atoms with van der Waals surface area (Å²) in [6.45, 7) is 2.37. The van der Waals surface area contributed by atoms with E-state index in [9.17, 15) is 9.18 Å². The molecule has 0 aliphatic heterocycles. The van der Waals surface area contributed by atoms with Gasteiger partial charge in [0, 0.05) is 5.56 Å². The Labute approximate surface area is 137 Å². The molecule has 0 radical (unpaired) electrons. The Morgan fingerprint density at radius 1 is 1.18 bits per heavy atom. The summed E-state index contributed by atoms with van der Waals surface area (Å²) >= 11 is 11.6. The molecule has 2 aromatic carbocycles. The topological polar surface area (TPSA) is 35.5 Å². The van der Waals surface area contributed by atoms with Gasteiger partial charge in [0.1, 0.15) is 12.4 Å². The van der Waals surface area contributed by atoms with Gasteiger partial charge < -0.3 is 9.47 Å². The van der Waals surface area contributed by atoms with Crippen LogP contribution in [0.25, 0.3) is 0 Å². The maximum absolute atomic E-state index is 12.9. The Kier molecular flexibility index (Phi) is 5.63.